The Morgan fingerprint density at radius 1 is 1.28 bits per heavy atom. The zero-order valence-electron chi connectivity index (χ0n) is 11.2. The molecule has 0 aromatic heterocycles. The number of hydrogen-bond acceptors (Lipinski definition) is 1. The van der Waals surface area contributed by atoms with E-state index < -0.39 is 5.54 Å². The Balaban J connectivity index is 2.10. The minimum Gasteiger partial charge on any atom is -0.345 e. The lowest BCUT2D eigenvalue weighted by Crippen LogP contribution is -2.78. The fraction of sp³-hybridized carbons (Fsp3) is 0.533. The molecule has 1 aliphatic carbocycles. The van der Waals surface area contributed by atoms with Crippen molar-refractivity contribution >= 4 is 11.6 Å². The molecule has 4 N–H and O–H groups in total. The number of aryl methyl sites for hydroxylation is 1. The maximum atomic E-state index is 12.4. The third kappa shape index (κ3) is 2.72. The number of anilines is 1. The van der Waals surface area contributed by atoms with Crippen molar-refractivity contribution in [1.82, 2.24) is 0 Å². The second-order valence-electron chi connectivity index (χ2n) is 5.31. The number of carbonyl (C=O) groups excluding carboxylic acids is 1. The molecule has 0 atom stereocenters. The van der Waals surface area contributed by atoms with Crippen molar-refractivity contribution in [1.29, 1.82) is 0 Å². The Labute approximate surface area is 109 Å². The number of carbonyl (C=O) groups is 1. The summed E-state index contributed by atoms with van der Waals surface area (Å²) in [7, 11) is 0. The van der Waals surface area contributed by atoms with E-state index in [1.807, 2.05) is 18.2 Å². The number of rotatable bonds is 3. The van der Waals surface area contributed by atoms with E-state index in [2.05, 4.69) is 24.0 Å². The van der Waals surface area contributed by atoms with Crippen LogP contribution in [0.15, 0.2) is 24.3 Å². The number of amides is 1. The standard InChI is InChI=1S/C15H22N2O/c1-2-12-8-4-5-9-13(12)17-14(18)15(16)10-6-3-7-11-15/h4-5,8-9H,2-3,6-7,10-11,16H2,1H3,(H,17,18)/p+1. The molecule has 1 aliphatic rings. The summed E-state index contributed by atoms with van der Waals surface area (Å²) in [5, 5.41) is 3.07. The lowest BCUT2D eigenvalue weighted by Gasteiger charge is -2.28. The number of benzene rings is 1. The molecule has 1 aromatic rings. The number of hydrogen-bond donors (Lipinski definition) is 2. The van der Waals surface area contributed by atoms with Gasteiger partial charge in [-0.25, -0.2) is 0 Å². The zero-order chi connectivity index (χ0) is 13.0. The molecule has 0 radical (unpaired) electrons. The van der Waals surface area contributed by atoms with Crippen molar-refractivity contribution in [2.45, 2.75) is 51.0 Å². The van der Waals surface area contributed by atoms with Gasteiger partial charge in [-0.3, -0.25) is 4.79 Å². The molecule has 18 heavy (non-hydrogen) atoms. The highest BCUT2D eigenvalue weighted by molar-refractivity contribution is 5.97. The second kappa shape index (κ2) is 5.53. The first-order chi connectivity index (χ1) is 8.65. The van der Waals surface area contributed by atoms with Gasteiger partial charge in [-0.1, -0.05) is 31.5 Å². The van der Waals surface area contributed by atoms with Gasteiger partial charge in [0.25, 0.3) is 5.91 Å². The van der Waals surface area contributed by atoms with Crippen molar-refractivity contribution in [3.05, 3.63) is 29.8 Å². The van der Waals surface area contributed by atoms with E-state index in [0.717, 1.165) is 37.8 Å². The first-order valence-electron chi connectivity index (χ1n) is 6.90. The molecule has 0 unspecified atom stereocenters. The van der Waals surface area contributed by atoms with Gasteiger partial charge in [0.05, 0.1) is 0 Å². The van der Waals surface area contributed by atoms with Crippen LogP contribution in [0.3, 0.4) is 0 Å². The van der Waals surface area contributed by atoms with E-state index in [4.69, 9.17) is 0 Å². The Kier molecular flexibility index (Phi) is 4.02. The minimum absolute atomic E-state index is 0.0862. The van der Waals surface area contributed by atoms with Gasteiger partial charge >= 0.3 is 0 Å². The van der Waals surface area contributed by atoms with Gasteiger partial charge in [0.15, 0.2) is 5.54 Å². The zero-order valence-corrected chi connectivity index (χ0v) is 11.2. The second-order valence-corrected chi connectivity index (χ2v) is 5.31. The Morgan fingerprint density at radius 2 is 1.94 bits per heavy atom. The first kappa shape index (κ1) is 13.1. The summed E-state index contributed by atoms with van der Waals surface area (Å²) in [5.41, 5.74) is 5.88. The largest absolute Gasteiger partial charge is 0.345 e. The molecule has 1 amide bonds. The van der Waals surface area contributed by atoms with Gasteiger partial charge in [-0.2, -0.15) is 0 Å². The summed E-state index contributed by atoms with van der Waals surface area (Å²) in [6.07, 6.45) is 6.22. The first-order valence-corrected chi connectivity index (χ1v) is 6.90. The van der Waals surface area contributed by atoms with Crippen LogP contribution < -0.4 is 11.1 Å². The van der Waals surface area contributed by atoms with Crippen LogP contribution in [-0.2, 0) is 11.2 Å². The third-order valence-electron chi connectivity index (χ3n) is 3.94. The normalized spacial score (nSPS) is 18.3. The van der Waals surface area contributed by atoms with Gasteiger partial charge in [0.2, 0.25) is 0 Å². The summed E-state index contributed by atoms with van der Waals surface area (Å²) in [6.45, 7) is 2.10. The summed E-state index contributed by atoms with van der Waals surface area (Å²) in [5.74, 6) is 0.0862. The molecule has 0 spiro atoms. The molecule has 98 valence electrons. The molecule has 1 fully saturated rings. The van der Waals surface area contributed by atoms with Crippen LogP contribution in [-0.4, -0.2) is 11.4 Å². The molecule has 3 nitrogen and oxygen atoms in total. The van der Waals surface area contributed by atoms with Crippen molar-refractivity contribution in [2.75, 3.05) is 5.32 Å². The molecule has 2 rings (SSSR count). The van der Waals surface area contributed by atoms with E-state index >= 15 is 0 Å². The van der Waals surface area contributed by atoms with Crippen molar-refractivity contribution in [2.24, 2.45) is 0 Å². The van der Waals surface area contributed by atoms with Crippen molar-refractivity contribution in [3.63, 3.8) is 0 Å². The quantitative estimate of drug-likeness (QED) is 0.844. The van der Waals surface area contributed by atoms with Gasteiger partial charge in [-0.05, 0) is 30.9 Å². The maximum Gasteiger partial charge on any atom is 0.285 e. The van der Waals surface area contributed by atoms with Crippen LogP contribution in [0.1, 0.15) is 44.6 Å². The number of quaternary nitrogens is 1. The summed E-state index contributed by atoms with van der Waals surface area (Å²) < 4.78 is 0. The fourth-order valence-corrected chi connectivity index (χ4v) is 2.66. The smallest absolute Gasteiger partial charge is 0.285 e. The van der Waals surface area contributed by atoms with E-state index in [-0.39, 0.29) is 5.91 Å². The highest BCUT2D eigenvalue weighted by Gasteiger charge is 2.39. The van der Waals surface area contributed by atoms with Gasteiger partial charge in [0.1, 0.15) is 0 Å². The highest BCUT2D eigenvalue weighted by atomic mass is 16.2. The molecule has 1 saturated carbocycles. The molecule has 0 bridgehead atoms. The van der Waals surface area contributed by atoms with Crippen molar-refractivity contribution in [3.8, 4) is 0 Å². The summed E-state index contributed by atoms with van der Waals surface area (Å²) in [4.78, 5) is 12.4. The van der Waals surface area contributed by atoms with Crippen molar-refractivity contribution < 1.29 is 10.5 Å². The monoisotopic (exact) mass is 247 g/mol. The number of nitrogens with one attached hydrogen (secondary N) is 1. The topological polar surface area (TPSA) is 56.7 Å². The fourth-order valence-electron chi connectivity index (χ4n) is 2.66. The van der Waals surface area contributed by atoms with Crippen LogP contribution in [0.25, 0.3) is 0 Å². The molecule has 0 heterocycles. The molecular formula is C15H23N2O+. The lowest BCUT2D eigenvalue weighted by molar-refractivity contribution is -0.463. The lowest BCUT2D eigenvalue weighted by atomic mass is 9.82. The molecule has 1 aromatic carbocycles. The van der Waals surface area contributed by atoms with Crippen LogP contribution in [0.5, 0.6) is 0 Å². The van der Waals surface area contributed by atoms with Crippen LogP contribution in [0.4, 0.5) is 5.69 Å². The molecular weight excluding hydrogens is 224 g/mol. The molecule has 0 aliphatic heterocycles. The third-order valence-corrected chi connectivity index (χ3v) is 3.94. The Morgan fingerprint density at radius 3 is 2.61 bits per heavy atom. The Hall–Kier alpha value is -1.35. The van der Waals surface area contributed by atoms with Gasteiger partial charge in [-0.15, -0.1) is 0 Å². The molecule has 0 saturated heterocycles. The van der Waals surface area contributed by atoms with E-state index in [1.165, 1.54) is 12.0 Å². The van der Waals surface area contributed by atoms with E-state index in [9.17, 15) is 4.79 Å². The SMILES string of the molecule is CCc1ccccc1NC(=O)C1([NH3+])CCCCC1. The predicted octanol–water partition coefficient (Wildman–Crippen LogP) is 2.13. The van der Waals surface area contributed by atoms with Gasteiger partial charge in [0, 0.05) is 18.5 Å². The average Bonchev–Trinajstić information content (AvgIpc) is 2.40. The van der Waals surface area contributed by atoms with E-state index in [0.29, 0.717) is 0 Å². The van der Waals surface area contributed by atoms with E-state index in [1.54, 1.807) is 0 Å². The highest BCUT2D eigenvalue weighted by Crippen LogP contribution is 2.26. The average molecular weight is 247 g/mol. The Bertz CT molecular complexity index is 422. The maximum absolute atomic E-state index is 12.4. The minimum atomic E-state index is -0.418. The number of para-hydroxylation sites is 1. The predicted molar refractivity (Wildman–Crippen MR) is 73.2 cm³/mol. The van der Waals surface area contributed by atoms with Crippen LogP contribution >= 0.6 is 0 Å². The molecule has 3 heteroatoms. The summed E-state index contributed by atoms with van der Waals surface area (Å²) >= 11 is 0. The summed E-state index contributed by atoms with van der Waals surface area (Å²) in [6, 6.07) is 8.01. The van der Waals surface area contributed by atoms with Crippen LogP contribution in [0, 0.1) is 0 Å². The van der Waals surface area contributed by atoms with Gasteiger partial charge < -0.3 is 11.1 Å². The van der Waals surface area contributed by atoms with Crippen LogP contribution in [0.2, 0.25) is 0 Å².